The Labute approximate surface area is 118 Å². The van der Waals surface area contributed by atoms with Gasteiger partial charge < -0.3 is 10.4 Å². The number of nitrogens with one attached hydrogen (secondary N) is 1. The predicted octanol–water partition coefficient (Wildman–Crippen LogP) is 4.06. The molecule has 3 nitrogen and oxygen atoms in total. The summed E-state index contributed by atoms with van der Waals surface area (Å²) in [6.45, 7) is 0. The lowest BCUT2D eigenvalue weighted by Gasteiger charge is -2.09. The molecule has 0 heterocycles. The van der Waals surface area contributed by atoms with Crippen LogP contribution in [0.2, 0.25) is 5.02 Å². The molecule has 0 radical (unpaired) electrons. The van der Waals surface area contributed by atoms with E-state index in [1.807, 2.05) is 0 Å². The van der Waals surface area contributed by atoms with Crippen LogP contribution in [0, 0.1) is 0 Å². The molecule has 0 bridgehead atoms. The van der Waals surface area contributed by atoms with Crippen LogP contribution < -0.4 is 5.32 Å². The van der Waals surface area contributed by atoms with Crippen LogP contribution in [0.15, 0.2) is 46.9 Å². The molecule has 2 aromatic carbocycles. The zero-order chi connectivity index (χ0) is 13.1. The molecule has 0 atom stereocenters. The van der Waals surface area contributed by atoms with Crippen molar-refractivity contribution in [3.8, 4) is 5.75 Å². The molecule has 0 fully saturated rings. The molecule has 2 N–H and O–H groups in total. The maximum absolute atomic E-state index is 12.0. The minimum Gasteiger partial charge on any atom is -0.507 e. The van der Waals surface area contributed by atoms with E-state index in [9.17, 15) is 9.90 Å². The van der Waals surface area contributed by atoms with Gasteiger partial charge in [0.05, 0.1) is 20.7 Å². The topological polar surface area (TPSA) is 49.3 Å². The van der Waals surface area contributed by atoms with Crippen molar-refractivity contribution in [3.05, 3.63) is 57.5 Å². The molecular formula is C13H9BrClNO2. The third-order valence-electron chi connectivity index (χ3n) is 2.35. The number of aromatic hydroxyl groups is 1. The number of carbonyl (C=O) groups excluding carboxylic acids is 1. The average Bonchev–Trinajstić information content (AvgIpc) is 2.35. The molecule has 0 aliphatic rings. The third kappa shape index (κ3) is 2.66. The maximum Gasteiger partial charge on any atom is 0.259 e. The molecule has 92 valence electrons. The summed E-state index contributed by atoms with van der Waals surface area (Å²) < 4.78 is 0.607. The summed E-state index contributed by atoms with van der Waals surface area (Å²) in [6.07, 6.45) is 0. The largest absolute Gasteiger partial charge is 0.507 e. The Morgan fingerprint density at radius 2 is 1.89 bits per heavy atom. The molecule has 0 aliphatic carbocycles. The highest BCUT2D eigenvalue weighted by atomic mass is 79.9. The molecule has 0 aliphatic heterocycles. The van der Waals surface area contributed by atoms with Gasteiger partial charge in [-0.15, -0.1) is 0 Å². The SMILES string of the molecule is O=C(Nc1cccc(Cl)c1Br)c1ccccc1O. The number of hydrogen-bond acceptors (Lipinski definition) is 2. The van der Waals surface area contributed by atoms with Gasteiger partial charge in [0.1, 0.15) is 5.75 Å². The summed E-state index contributed by atoms with van der Waals surface area (Å²) in [5.74, 6) is -0.454. The number of carbonyl (C=O) groups is 1. The number of hydrogen-bond donors (Lipinski definition) is 2. The molecule has 0 saturated carbocycles. The van der Waals surface area contributed by atoms with Crippen LogP contribution in [-0.2, 0) is 0 Å². The number of anilines is 1. The zero-order valence-corrected chi connectivity index (χ0v) is 11.5. The van der Waals surface area contributed by atoms with Gasteiger partial charge in [-0.05, 0) is 40.2 Å². The Bertz CT molecular complexity index is 601. The highest BCUT2D eigenvalue weighted by Crippen LogP contribution is 2.30. The van der Waals surface area contributed by atoms with Crippen molar-refractivity contribution in [2.45, 2.75) is 0 Å². The van der Waals surface area contributed by atoms with E-state index >= 15 is 0 Å². The first-order valence-electron chi connectivity index (χ1n) is 5.13. The Morgan fingerprint density at radius 3 is 2.61 bits per heavy atom. The molecule has 2 rings (SSSR count). The minimum atomic E-state index is -0.393. The highest BCUT2D eigenvalue weighted by Gasteiger charge is 2.12. The highest BCUT2D eigenvalue weighted by molar-refractivity contribution is 9.10. The van der Waals surface area contributed by atoms with Gasteiger partial charge in [-0.2, -0.15) is 0 Å². The molecule has 0 aromatic heterocycles. The predicted molar refractivity (Wildman–Crippen MR) is 75.2 cm³/mol. The molecule has 18 heavy (non-hydrogen) atoms. The first-order valence-corrected chi connectivity index (χ1v) is 6.30. The quantitative estimate of drug-likeness (QED) is 0.874. The number of rotatable bonds is 2. The zero-order valence-electron chi connectivity index (χ0n) is 9.15. The molecule has 1 amide bonds. The number of halogens is 2. The Balaban J connectivity index is 2.27. The lowest BCUT2D eigenvalue weighted by Crippen LogP contribution is -2.12. The van der Waals surface area contributed by atoms with E-state index in [1.165, 1.54) is 6.07 Å². The van der Waals surface area contributed by atoms with Crippen LogP contribution in [0.25, 0.3) is 0 Å². The number of para-hydroxylation sites is 1. The molecule has 0 unspecified atom stereocenters. The minimum absolute atomic E-state index is 0.0619. The van der Waals surface area contributed by atoms with Gasteiger partial charge in [0.25, 0.3) is 5.91 Å². The second-order valence-corrected chi connectivity index (χ2v) is 4.77. The van der Waals surface area contributed by atoms with E-state index in [0.717, 1.165) is 0 Å². The standard InChI is InChI=1S/C13H9BrClNO2/c14-12-9(15)5-3-6-10(12)16-13(18)8-4-1-2-7-11(8)17/h1-7,17H,(H,16,18). The summed E-state index contributed by atoms with van der Waals surface area (Å²) in [7, 11) is 0. The molecule has 2 aromatic rings. The van der Waals surface area contributed by atoms with Gasteiger partial charge in [0, 0.05) is 0 Å². The fourth-order valence-corrected chi connectivity index (χ4v) is 1.99. The molecule has 5 heteroatoms. The van der Waals surface area contributed by atoms with Crippen molar-refractivity contribution in [3.63, 3.8) is 0 Å². The Morgan fingerprint density at radius 1 is 1.17 bits per heavy atom. The van der Waals surface area contributed by atoms with Crippen molar-refractivity contribution >= 4 is 39.1 Å². The Kier molecular flexibility index (Phi) is 3.89. The fraction of sp³-hybridized carbons (Fsp3) is 0. The molecule has 0 spiro atoms. The van der Waals surface area contributed by atoms with E-state index in [0.29, 0.717) is 15.2 Å². The first-order chi connectivity index (χ1) is 8.59. The van der Waals surface area contributed by atoms with Gasteiger partial charge >= 0.3 is 0 Å². The van der Waals surface area contributed by atoms with Gasteiger partial charge in [-0.1, -0.05) is 29.8 Å². The van der Waals surface area contributed by atoms with E-state index in [4.69, 9.17) is 11.6 Å². The molecule has 0 saturated heterocycles. The summed E-state index contributed by atoms with van der Waals surface area (Å²) in [6, 6.07) is 11.5. The maximum atomic E-state index is 12.0. The van der Waals surface area contributed by atoms with E-state index < -0.39 is 5.91 Å². The summed E-state index contributed by atoms with van der Waals surface area (Å²) in [4.78, 5) is 12.0. The average molecular weight is 327 g/mol. The van der Waals surface area contributed by atoms with Gasteiger partial charge in [-0.3, -0.25) is 4.79 Å². The number of amides is 1. The van der Waals surface area contributed by atoms with Crippen molar-refractivity contribution in [2.75, 3.05) is 5.32 Å². The monoisotopic (exact) mass is 325 g/mol. The number of phenols is 1. The van der Waals surface area contributed by atoms with Crippen LogP contribution in [0.4, 0.5) is 5.69 Å². The number of phenolic OH excluding ortho intramolecular Hbond substituents is 1. The normalized spacial score (nSPS) is 10.1. The van der Waals surface area contributed by atoms with E-state index in [1.54, 1.807) is 36.4 Å². The van der Waals surface area contributed by atoms with Crippen LogP contribution in [0.3, 0.4) is 0 Å². The summed E-state index contributed by atoms with van der Waals surface area (Å²) in [5, 5.41) is 12.8. The summed E-state index contributed by atoms with van der Waals surface area (Å²) in [5.41, 5.74) is 0.764. The van der Waals surface area contributed by atoms with Crippen LogP contribution >= 0.6 is 27.5 Å². The summed E-state index contributed by atoms with van der Waals surface area (Å²) >= 11 is 9.22. The first kappa shape index (κ1) is 12.9. The number of benzene rings is 2. The smallest absolute Gasteiger partial charge is 0.259 e. The second kappa shape index (κ2) is 5.42. The van der Waals surface area contributed by atoms with Crippen molar-refractivity contribution in [1.82, 2.24) is 0 Å². The van der Waals surface area contributed by atoms with E-state index in [2.05, 4.69) is 21.2 Å². The van der Waals surface area contributed by atoms with Crippen molar-refractivity contribution in [1.29, 1.82) is 0 Å². The third-order valence-corrected chi connectivity index (χ3v) is 3.75. The Hall–Kier alpha value is -1.52. The lowest BCUT2D eigenvalue weighted by molar-refractivity contribution is 0.102. The lowest BCUT2D eigenvalue weighted by atomic mass is 10.2. The van der Waals surface area contributed by atoms with Crippen molar-refractivity contribution < 1.29 is 9.90 Å². The van der Waals surface area contributed by atoms with Gasteiger partial charge in [0.2, 0.25) is 0 Å². The molecular weight excluding hydrogens is 318 g/mol. The van der Waals surface area contributed by atoms with Crippen LogP contribution in [-0.4, -0.2) is 11.0 Å². The van der Waals surface area contributed by atoms with Gasteiger partial charge in [-0.25, -0.2) is 0 Å². The van der Waals surface area contributed by atoms with Crippen LogP contribution in [0.1, 0.15) is 10.4 Å². The van der Waals surface area contributed by atoms with Crippen LogP contribution in [0.5, 0.6) is 5.75 Å². The fourth-order valence-electron chi connectivity index (χ4n) is 1.46. The second-order valence-electron chi connectivity index (χ2n) is 3.57. The van der Waals surface area contributed by atoms with Crippen molar-refractivity contribution in [2.24, 2.45) is 0 Å². The van der Waals surface area contributed by atoms with Gasteiger partial charge in [0.15, 0.2) is 0 Å². The van der Waals surface area contributed by atoms with E-state index in [-0.39, 0.29) is 11.3 Å².